The van der Waals surface area contributed by atoms with E-state index in [2.05, 4.69) is 80.3 Å². The average molecular weight is 495 g/mol. The molecule has 35 heavy (non-hydrogen) atoms. The van der Waals surface area contributed by atoms with Crippen LogP contribution in [0, 0.1) is 5.82 Å². The van der Waals surface area contributed by atoms with E-state index in [0.717, 1.165) is 46.1 Å². The highest BCUT2D eigenvalue weighted by molar-refractivity contribution is 7.98. The molecular weight excluding hydrogens is 455 g/mol. The summed E-state index contributed by atoms with van der Waals surface area (Å²) in [6.07, 6.45) is 15.2. The minimum atomic E-state index is -0.271. The van der Waals surface area contributed by atoms with E-state index in [1.54, 1.807) is 34.7 Å². The maximum Gasteiger partial charge on any atom is 0.123 e. The number of nitrogens with zero attached hydrogens (tertiary/aromatic N) is 2. The zero-order valence-electron chi connectivity index (χ0n) is 21.9. The molecule has 0 bridgehead atoms. The normalized spacial score (nSPS) is 12.7. The van der Waals surface area contributed by atoms with Crippen LogP contribution in [0.1, 0.15) is 76.7 Å². The van der Waals surface area contributed by atoms with E-state index in [1.165, 1.54) is 24.1 Å². The van der Waals surface area contributed by atoms with Crippen LogP contribution in [-0.2, 0) is 0 Å². The number of allylic oxidation sites excluding steroid dienone is 3. The lowest BCUT2D eigenvalue weighted by Crippen LogP contribution is -2.21. The molecule has 0 spiro atoms. The SMILES string of the molecule is C=Cc1c(C(=C\C)/C(=C\CC)NC(CC)c2c[nH]c(SC)c2)cnn1-c1ccc(F)cc1.CCC. The van der Waals surface area contributed by atoms with Crippen LogP contribution in [0.15, 0.2) is 72.2 Å². The van der Waals surface area contributed by atoms with Crippen LogP contribution in [-0.4, -0.2) is 21.0 Å². The van der Waals surface area contributed by atoms with Crippen molar-refractivity contribution in [3.63, 3.8) is 0 Å². The molecule has 1 atom stereocenters. The van der Waals surface area contributed by atoms with Gasteiger partial charge >= 0.3 is 0 Å². The second-order valence-corrected chi connectivity index (χ2v) is 8.93. The molecule has 0 amide bonds. The fourth-order valence-electron chi connectivity index (χ4n) is 3.77. The van der Waals surface area contributed by atoms with Crippen molar-refractivity contribution in [1.82, 2.24) is 20.1 Å². The monoisotopic (exact) mass is 494 g/mol. The average Bonchev–Trinajstić information content (AvgIpc) is 3.51. The summed E-state index contributed by atoms with van der Waals surface area (Å²) in [6.45, 7) is 14.6. The first-order valence-electron chi connectivity index (χ1n) is 12.3. The molecule has 2 aromatic heterocycles. The fourth-order valence-corrected chi connectivity index (χ4v) is 4.20. The Bertz CT molecular complexity index is 1120. The quantitative estimate of drug-likeness (QED) is 0.219. The lowest BCUT2D eigenvalue weighted by Gasteiger charge is -2.22. The van der Waals surface area contributed by atoms with Crippen molar-refractivity contribution < 1.29 is 4.39 Å². The number of nitrogens with one attached hydrogen (secondary N) is 2. The molecule has 6 heteroatoms. The first-order chi connectivity index (χ1) is 17.0. The minimum Gasteiger partial charge on any atom is -0.378 e. The first kappa shape index (κ1) is 28.2. The van der Waals surface area contributed by atoms with E-state index in [9.17, 15) is 4.39 Å². The van der Waals surface area contributed by atoms with Gasteiger partial charge in [0.25, 0.3) is 0 Å². The van der Waals surface area contributed by atoms with Crippen LogP contribution in [0.25, 0.3) is 17.3 Å². The Labute approximate surface area is 214 Å². The van der Waals surface area contributed by atoms with Crippen LogP contribution in [0.4, 0.5) is 4.39 Å². The summed E-state index contributed by atoms with van der Waals surface area (Å²) in [5.41, 5.74) is 6.01. The van der Waals surface area contributed by atoms with Gasteiger partial charge in [-0.05, 0) is 68.0 Å². The van der Waals surface area contributed by atoms with Gasteiger partial charge in [-0.2, -0.15) is 5.10 Å². The van der Waals surface area contributed by atoms with Gasteiger partial charge in [0, 0.05) is 23.0 Å². The van der Waals surface area contributed by atoms with E-state index in [4.69, 9.17) is 0 Å². The number of hydrogen-bond acceptors (Lipinski definition) is 3. The van der Waals surface area contributed by atoms with Gasteiger partial charge in [0.15, 0.2) is 0 Å². The van der Waals surface area contributed by atoms with Crippen molar-refractivity contribution in [3.05, 3.63) is 89.8 Å². The number of aromatic amines is 1. The standard InChI is InChI=1S/C26H31FN4S.C3H8/c1-6-10-24(30-23(8-3)18-15-26(32-5)28-16-18)21(7-2)22-17-29-31(25(22)9-4)20-13-11-19(27)12-14-20;1-3-2/h7,9-17,23,28,30H,4,6,8H2,1-3,5H3;3H2,1-2H3/b21-7+,24-10+;. The highest BCUT2D eigenvalue weighted by Gasteiger charge is 2.19. The predicted octanol–water partition coefficient (Wildman–Crippen LogP) is 8.56. The summed E-state index contributed by atoms with van der Waals surface area (Å²) in [4.78, 5) is 3.33. The zero-order valence-corrected chi connectivity index (χ0v) is 22.7. The van der Waals surface area contributed by atoms with Crippen molar-refractivity contribution in [2.45, 2.75) is 64.9 Å². The summed E-state index contributed by atoms with van der Waals surface area (Å²) >= 11 is 1.71. The van der Waals surface area contributed by atoms with Crippen molar-refractivity contribution in [3.8, 4) is 5.69 Å². The van der Waals surface area contributed by atoms with Gasteiger partial charge in [-0.25, -0.2) is 9.07 Å². The van der Waals surface area contributed by atoms with E-state index in [1.807, 2.05) is 13.1 Å². The number of H-pyrrole nitrogens is 1. The summed E-state index contributed by atoms with van der Waals surface area (Å²) in [6, 6.07) is 8.70. The Morgan fingerprint density at radius 3 is 2.43 bits per heavy atom. The molecule has 0 aliphatic heterocycles. The Hall–Kier alpha value is -2.99. The van der Waals surface area contributed by atoms with E-state index in [0.29, 0.717) is 0 Å². The van der Waals surface area contributed by atoms with Crippen molar-refractivity contribution in [2.75, 3.05) is 6.26 Å². The summed E-state index contributed by atoms with van der Waals surface area (Å²) in [5, 5.41) is 9.50. The molecule has 3 aromatic rings. The number of thioether (sulfide) groups is 1. The van der Waals surface area contributed by atoms with Gasteiger partial charge < -0.3 is 10.3 Å². The molecule has 4 nitrogen and oxygen atoms in total. The summed E-state index contributed by atoms with van der Waals surface area (Å²) in [5.74, 6) is -0.271. The minimum absolute atomic E-state index is 0.180. The molecule has 0 aliphatic carbocycles. The molecule has 3 rings (SSSR count). The highest BCUT2D eigenvalue weighted by atomic mass is 32.2. The molecule has 0 saturated heterocycles. The Morgan fingerprint density at radius 2 is 1.91 bits per heavy atom. The second-order valence-electron chi connectivity index (χ2n) is 8.08. The maximum atomic E-state index is 13.4. The van der Waals surface area contributed by atoms with Crippen LogP contribution in [0.3, 0.4) is 0 Å². The molecule has 0 aliphatic rings. The number of halogens is 1. The number of rotatable bonds is 10. The molecule has 1 aromatic carbocycles. The van der Waals surface area contributed by atoms with Gasteiger partial charge in [-0.15, -0.1) is 11.8 Å². The Balaban J connectivity index is 0.00000137. The number of benzene rings is 1. The second kappa shape index (κ2) is 14.4. The molecule has 1 unspecified atom stereocenters. The van der Waals surface area contributed by atoms with E-state index < -0.39 is 0 Å². The highest BCUT2D eigenvalue weighted by Crippen LogP contribution is 2.31. The molecule has 2 heterocycles. The lowest BCUT2D eigenvalue weighted by atomic mass is 9.99. The number of aromatic nitrogens is 3. The smallest absolute Gasteiger partial charge is 0.123 e. The topological polar surface area (TPSA) is 45.6 Å². The van der Waals surface area contributed by atoms with Crippen molar-refractivity contribution in [1.29, 1.82) is 0 Å². The van der Waals surface area contributed by atoms with Crippen LogP contribution < -0.4 is 5.32 Å². The van der Waals surface area contributed by atoms with E-state index in [-0.39, 0.29) is 11.9 Å². The Kier molecular flexibility index (Phi) is 11.6. The number of hydrogen-bond donors (Lipinski definition) is 2. The first-order valence-corrected chi connectivity index (χ1v) is 13.5. The third-order valence-electron chi connectivity index (χ3n) is 5.39. The predicted molar refractivity (Wildman–Crippen MR) is 150 cm³/mol. The third-order valence-corrected chi connectivity index (χ3v) is 6.06. The lowest BCUT2D eigenvalue weighted by molar-refractivity contribution is 0.588. The molecule has 188 valence electrons. The van der Waals surface area contributed by atoms with Gasteiger partial charge in [0.1, 0.15) is 5.82 Å². The molecule has 0 fully saturated rings. The van der Waals surface area contributed by atoms with Crippen molar-refractivity contribution >= 4 is 23.4 Å². The van der Waals surface area contributed by atoms with Gasteiger partial charge in [-0.3, -0.25) is 0 Å². The fraction of sp³-hybridized carbons (Fsp3) is 0.345. The van der Waals surface area contributed by atoms with Crippen LogP contribution >= 0.6 is 11.8 Å². The van der Waals surface area contributed by atoms with Gasteiger partial charge in [0.05, 0.1) is 28.6 Å². The zero-order chi connectivity index (χ0) is 25.8. The molecular formula is C29H39FN4S. The largest absolute Gasteiger partial charge is 0.378 e. The Morgan fingerprint density at radius 1 is 1.23 bits per heavy atom. The van der Waals surface area contributed by atoms with Crippen LogP contribution in [0.2, 0.25) is 0 Å². The van der Waals surface area contributed by atoms with Gasteiger partial charge in [-0.1, -0.05) is 52.8 Å². The maximum absolute atomic E-state index is 13.4. The van der Waals surface area contributed by atoms with Crippen molar-refractivity contribution in [2.24, 2.45) is 0 Å². The molecule has 0 saturated carbocycles. The third kappa shape index (κ3) is 7.25. The molecule has 0 radical (unpaired) electrons. The van der Waals surface area contributed by atoms with Gasteiger partial charge in [0.2, 0.25) is 0 Å². The van der Waals surface area contributed by atoms with Crippen LogP contribution in [0.5, 0.6) is 0 Å². The van der Waals surface area contributed by atoms with E-state index >= 15 is 0 Å². The summed E-state index contributed by atoms with van der Waals surface area (Å²) < 4.78 is 15.2. The molecule has 2 N–H and O–H groups in total. The summed E-state index contributed by atoms with van der Waals surface area (Å²) in [7, 11) is 0.